The van der Waals surface area contributed by atoms with Gasteiger partial charge in [-0.3, -0.25) is 4.79 Å². The first-order chi connectivity index (χ1) is 12.2. The number of anilines is 1. The van der Waals surface area contributed by atoms with Gasteiger partial charge in [0.25, 0.3) is 0 Å². The first-order valence-electron chi connectivity index (χ1n) is 8.36. The number of benzene rings is 1. The summed E-state index contributed by atoms with van der Waals surface area (Å²) < 4.78 is 12.8. The molecule has 1 aromatic carbocycles. The molecule has 0 aliphatic carbocycles. The highest BCUT2D eigenvalue weighted by atomic mass is 16.5. The lowest BCUT2D eigenvalue weighted by molar-refractivity contribution is -0.130. The highest BCUT2D eigenvalue weighted by Crippen LogP contribution is 2.31. The molecule has 8 nitrogen and oxygen atoms in total. The van der Waals surface area contributed by atoms with Crippen molar-refractivity contribution in [2.45, 2.75) is 19.4 Å². The fourth-order valence-electron chi connectivity index (χ4n) is 2.82. The predicted molar refractivity (Wildman–Crippen MR) is 92.1 cm³/mol. The lowest BCUT2D eigenvalue weighted by Crippen LogP contribution is -2.46. The average molecular weight is 345 g/mol. The summed E-state index contributed by atoms with van der Waals surface area (Å²) in [6, 6.07) is 7.35. The minimum Gasteiger partial charge on any atom is -0.492 e. The van der Waals surface area contributed by atoms with Crippen molar-refractivity contribution in [2.24, 2.45) is 11.1 Å². The molecule has 1 amide bonds. The van der Waals surface area contributed by atoms with Gasteiger partial charge in [-0.15, -0.1) is 0 Å². The Morgan fingerprint density at radius 2 is 2.24 bits per heavy atom. The molecule has 0 bridgehead atoms. The lowest BCUT2D eigenvalue weighted by Gasteiger charge is -2.34. The Hall–Kier alpha value is -2.45. The average Bonchev–Trinajstić information content (AvgIpc) is 3.16. The topological polar surface area (TPSA) is 104 Å². The Bertz CT molecular complexity index is 683. The van der Waals surface area contributed by atoms with E-state index in [1.165, 1.54) is 6.33 Å². The van der Waals surface area contributed by atoms with Gasteiger partial charge in [-0.2, -0.15) is 5.10 Å². The molecule has 1 fully saturated rings. The van der Waals surface area contributed by atoms with E-state index in [4.69, 9.17) is 15.2 Å². The Morgan fingerprint density at radius 3 is 2.96 bits per heavy atom. The molecule has 0 saturated carbocycles. The third-order valence-corrected chi connectivity index (χ3v) is 4.47. The third-order valence-electron chi connectivity index (χ3n) is 4.47. The van der Waals surface area contributed by atoms with Gasteiger partial charge in [0, 0.05) is 31.5 Å². The van der Waals surface area contributed by atoms with Gasteiger partial charge in [0.2, 0.25) is 5.91 Å². The van der Waals surface area contributed by atoms with E-state index in [1.807, 2.05) is 24.3 Å². The molecule has 0 unspecified atom stereocenters. The van der Waals surface area contributed by atoms with Gasteiger partial charge in [-0.1, -0.05) is 6.07 Å². The van der Waals surface area contributed by atoms with Crippen LogP contribution >= 0.6 is 0 Å². The number of nitrogens with zero attached hydrogens (tertiary/aromatic N) is 3. The van der Waals surface area contributed by atoms with E-state index in [2.05, 4.69) is 15.4 Å². The van der Waals surface area contributed by atoms with Crippen molar-refractivity contribution in [1.29, 1.82) is 0 Å². The molecule has 2 aromatic rings. The maximum atomic E-state index is 12.7. The number of carbonyl (C=O) groups excluding carboxylic acids is 1. The van der Waals surface area contributed by atoms with E-state index in [-0.39, 0.29) is 5.91 Å². The van der Waals surface area contributed by atoms with Crippen LogP contribution in [0.5, 0.6) is 5.75 Å². The van der Waals surface area contributed by atoms with Gasteiger partial charge in [0.05, 0.1) is 12.0 Å². The monoisotopic (exact) mass is 345 g/mol. The maximum absolute atomic E-state index is 12.7. The molecule has 1 aliphatic heterocycles. The summed E-state index contributed by atoms with van der Waals surface area (Å²) >= 11 is 0. The number of hydrogen-bond acceptors (Lipinski definition) is 6. The van der Waals surface area contributed by atoms with Crippen LogP contribution in [0.15, 0.2) is 36.9 Å². The van der Waals surface area contributed by atoms with Gasteiger partial charge in [0.15, 0.2) is 0 Å². The Morgan fingerprint density at radius 1 is 1.40 bits per heavy atom. The number of carbonyl (C=O) groups is 1. The zero-order valence-corrected chi connectivity index (χ0v) is 14.1. The SMILES string of the molecule is NCC1(C(=O)Nc2cccc(OCCn3cncn3)c2)CCOCC1. The third kappa shape index (κ3) is 4.34. The van der Waals surface area contributed by atoms with E-state index in [9.17, 15) is 4.79 Å². The number of aromatic nitrogens is 3. The van der Waals surface area contributed by atoms with E-state index in [0.717, 1.165) is 0 Å². The van der Waals surface area contributed by atoms with Crippen LogP contribution in [0.2, 0.25) is 0 Å². The van der Waals surface area contributed by atoms with Crippen LogP contribution in [0, 0.1) is 5.41 Å². The van der Waals surface area contributed by atoms with Crippen LogP contribution in [0.4, 0.5) is 5.69 Å². The Labute approximate surface area is 146 Å². The van der Waals surface area contributed by atoms with Crippen LogP contribution in [0.3, 0.4) is 0 Å². The number of ether oxygens (including phenoxy) is 2. The number of nitrogens with one attached hydrogen (secondary N) is 1. The summed E-state index contributed by atoms with van der Waals surface area (Å²) in [6.45, 7) is 2.51. The number of rotatable bonds is 7. The molecule has 0 atom stereocenters. The van der Waals surface area contributed by atoms with Crippen LogP contribution in [-0.2, 0) is 16.1 Å². The highest BCUT2D eigenvalue weighted by Gasteiger charge is 2.38. The minimum atomic E-state index is -0.553. The smallest absolute Gasteiger partial charge is 0.232 e. The second-order valence-corrected chi connectivity index (χ2v) is 6.09. The van der Waals surface area contributed by atoms with E-state index in [0.29, 0.717) is 57.2 Å². The minimum absolute atomic E-state index is 0.0573. The molecule has 3 rings (SSSR count). The lowest BCUT2D eigenvalue weighted by atomic mass is 9.79. The molecule has 0 spiro atoms. The fourth-order valence-corrected chi connectivity index (χ4v) is 2.82. The summed E-state index contributed by atoms with van der Waals surface area (Å²) in [5, 5.41) is 6.99. The van der Waals surface area contributed by atoms with Crippen LogP contribution in [-0.4, -0.2) is 47.0 Å². The number of nitrogens with two attached hydrogens (primary N) is 1. The molecule has 3 N–H and O–H groups in total. The summed E-state index contributed by atoms with van der Waals surface area (Å²) in [5.41, 5.74) is 6.02. The molecule has 1 aromatic heterocycles. The molecule has 0 radical (unpaired) electrons. The van der Waals surface area contributed by atoms with Crippen molar-refractivity contribution in [3.05, 3.63) is 36.9 Å². The molecular formula is C17H23N5O3. The molecule has 134 valence electrons. The van der Waals surface area contributed by atoms with E-state index in [1.54, 1.807) is 11.0 Å². The predicted octanol–water partition coefficient (Wildman–Crippen LogP) is 1.05. The van der Waals surface area contributed by atoms with Crippen molar-refractivity contribution in [2.75, 3.05) is 31.7 Å². The molecule has 8 heteroatoms. The van der Waals surface area contributed by atoms with Gasteiger partial charge in [0.1, 0.15) is 25.0 Å². The molecule has 25 heavy (non-hydrogen) atoms. The summed E-state index contributed by atoms with van der Waals surface area (Å²) in [7, 11) is 0. The second-order valence-electron chi connectivity index (χ2n) is 6.09. The Kier molecular flexibility index (Phi) is 5.62. The van der Waals surface area contributed by atoms with Crippen molar-refractivity contribution in [3.8, 4) is 5.75 Å². The zero-order valence-electron chi connectivity index (χ0n) is 14.1. The number of amides is 1. The summed E-state index contributed by atoms with van der Waals surface area (Å²) in [5.74, 6) is 0.629. The van der Waals surface area contributed by atoms with Crippen LogP contribution < -0.4 is 15.8 Å². The standard InChI is InChI=1S/C17H23N5O3/c18-11-17(4-7-24-8-5-17)16(23)21-14-2-1-3-15(10-14)25-9-6-22-13-19-12-20-22/h1-3,10,12-13H,4-9,11,18H2,(H,21,23). The quantitative estimate of drug-likeness (QED) is 0.777. The fraction of sp³-hybridized carbons (Fsp3) is 0.471. The van der Waals surface area contributed by atoms with Crippen molar-refractivity contribution < 1.29 is 14.3 Å². The maximum Gasteiger partial charge on any atom is 0.232 e. The highest BCUT2D eigenvalue weighted by molar-refractivity contribution is 5.95. The largest absolute Gasteiger partial charge is 0.492 e. The summed E-state index contributed by atoms with van der Waals surface area (Å²) in [6.07, 6.45) is 4.41. The van der Waals surface area contributed by atoms with E-state index >= 15 is 0 Å². The second kappa shape index (κ2) is 8.09. The molecular weight excluding hydrogens is 322 g/mol. The van der Waals surface area contributed by atoms with Crippen molar-refractivity contribution in [3.63, 3.8) is 0 Å². The van der Waals surface area contributed by atoms with Crippen LogP contribution in [0.25, 0.3) is 0 Å². The Balaban J connectivity index is 1.58. The van der Waals surface area contributed by atoms with Crippen molar-refractivity contribution >= 4 is 11.6 Å². The first-order valence-corrected chi connectivity index (χ1v) is 8.36. The molecule has 1 saturated heterocycles. The molecule has 2 heterocycles. The van der Waals surface area contributed by atoms with Crippen molar-refractivity contribution in [1.82, 2.24) is 14.8 Å². The number of hydrogen-bond donors (Lipinski definition) is 2. The first kappa shape index (κ1) is 17.4. The normalized spacial score (nSPS) is 16.4. The van der Waals surface area contributed by atoms with Crippen LogP contribution in [0.1, 0.15) is 12.8 Å². The summed E-state index contributed by atoms with van der Waals surface area (Å²) in [4.78, 5) is 16.6. The zero-order chi connectivity index (χ0) is 17.5. The van der Waals surface area contributed by atoms with Gasteiger partial charge in [-0.05, 0) is 25.0 Å². The van der Waals surface area contributed by atoms with E-state index < -0.39 is 5.41 Å². The van der Waals surface area contributed by atoms with Gasteiger partial charge in [-0.25, -0.2) is 9.67 Å². The molecule has 1 aliphatic rings. The van der Waals surface area contributed by atoms with Gasteiger partial charge < -0.3 is 20.5 Å². The van der Waals surface area contributed by atoms with Gasteiger partial charge >= 0.3 is 0 Å².